The van der Waals surface area contributed by atoms with Crippen molar-refractivity contribution < 1.29 is 9.90 Å². The van der Waals surface area contributed by atoms with E-state index in [0.717, 1.165) is 6.42 Å². The van der Waals surface area contributed by atoms with E-state index in [9.17, 15) is 4.79 Å². The molecule has 72 valence electrons. The molecule has 3 nitrogen and oxygen atoms in total. The standard InChI is InChI=1S/C8H16ClNO2/c1-3-7(5-11)10-8(12)6(2)4-9/h6-7,11H,3-5H2,1-2H3,(H,10,12)/t6?,7-/m0/s1. The highest BCUT2D eigenvalue weighted by atomic mass is 35.5. The van der Waals surface area contributed by atoms with Gasteiger partial charge in [0, 0.05) is 11.8 Å². The number of halogens is 1. The molecular formula is C8H16ClNO2. The molecule has 0 saturated carbocycles. The van der Waals surface area contributed by atoms with E-state index in [4.69, 9.17) is 16.7 Å². The average molecular weight is 194 g/mol. The summed E-state index contributed by atoms with van der Waals surface area (Å²) in [7, 11) is 0. The Morgan fingerprint density at radius 2 is 2.25 bits per heavy atom. The Morgan fingerprint density at radius 1 is 1.67 bits per heavy atom. The number of aliphatic hydroxyl groups is 1. The fourth-order valence-electron chi connectivity index (χ4n) is 0.690. The van der Waals surface area contributed by atoms with E-state index in [1.807, 2.05) is 6.92 Å². The maximum Gasteiger partial charge on any atom is 0.224 e. The van der Waals surface area contributed by atoms with E-state index in [-0.39, 0.29) is 24.5 Å². The summed E-state index contributed by atoms with van der Waals surface area (Å²) >= 11 is 5.49. The van der Waals surface area contributed by atoms with Crippen LogP contribution in [0.2, 0.25) is 0 Å². The van der Waals surface area contributed by atoms with Crippen molar-refractivity contribution in [3.05, 3.63) is 0 Å². The number of carbonyl (C=O) groups excluding carboxylic acids is 1. The fourth-order valence-corrected chi connectivity index (χ4v) is 0.830. The van der Waals surface area contributed by atoms with E-state index in [0.29, 0.717) is 5.88 Å². The largest absolute Gasteiger partial charge is 0.394 e. The molecule has 1 unspecified atom stereocenters. The van der Waals surface area contributed by atoms with Crippen LogP contribution >= 0.6 is 11.6 Å². The van der Waals surface area contributed by atoms with Crippen LogP contribution in [0, 0.1) is 5.92 Å². The summed E-state index contributed by atoms with van der Waals surface area (Å²) in [6, 6.07) is -0.136. The van der Waals surface area contributed by atoms with Gasteiger partial charge in [0.1, 0.15) is 0 Å². The summed E-state index contributed by atoms with van der Waals surface area (Å²) < 4.78 is 0. The highest BCUT2D eigenvalue weighted by Crippen LogP contribution is 1.99. The highest BCUT2D eigenvalue weighted by molar-refractivity contribution is 6.19. The van der Waals surface area contributed by atoms with Crippen molar-refractivity contribution in [2.45, 2.75) is 26.3 Å². The lowest BCUT2D eigenvalue weighted by Crippen LogP contribution is -2.40. The smallest absolute Gasteiger partial charge is 0.224 e. The molecule has 0 aromatic heterocycles. The number of alkyl halides is 1. The highest BCUT2D eigenvalue weighted by Gasteiger charge is 2.14. The van der Waals surface area contributed by atoms with Crippen LogP contribution < -0.4 is 5.32 Å². The number of hydrogen-bond acceptors (Lipinski definition) is 2. The third kappa shape index (κ3) is 3.93. The van der Waals surface area contributed by atoms with E-state index >= 15 is 0 Å². The second-order valence-corrected chi connectivity index (χ2v) is 3.16. The summed E-state index contributed by atoms with van der Waals surface area (Å²) in [6.07, 6.45) is 0.733. The van der Waals surface area contributed by atoms with Gasteiger partial charge in [0.15, 0.2) is 0 Å². The number of nitrogens with one attached hydrogen (secondary N) is 1. The van der Waals surface area contributed by atoms with Crippen LogP contribution in [-0.2, 0) is 4.79 Å². The van der Waals surface area contributed by atoms with Crippen molar-refractivity contribution in [1.82, 2.24) is 5.32 Å². The average Bonchev–Trinajstić information content (AvgIpc) is 2.12. The molecule has 4 heteroatoms. The summed E-state index contributed by atoms with van der Waals surface area (Å²) in [5.74, 6) is 0.0337. The molecule has 0 rings (SSSR count). The van der Waals surface area contributed by atoms with Gasteiger partial charge in [-0.2, -0.15) is 0 Å². The van der Waals surface area contributed by atoms with Crippen molar-refractivity contribution in [2.24, 2.45) is 5.92 Å². The van der Waals surface area contributed by atoms with Gasteiger partial charge in [-0.05, 0) is 6.42 Å². The predicted octanol–water partition coefficient (Wildman–Crippen LogP) is 0.748. The third-order valence-electron chi connectivity index (χ3n) is 1.74. The Bertz CT molecular complexity index is 137. The number of amides is 1. The Kier molecular flexibility index (Phi) is 6.11. The molecule has 0 heterocycles. The Hall–Kier alpha value is -0.280. The van der Waals surface area contributed by atoms with Crippen LogP contribution in [0.4, 0.5) is 0 Å². The fraction of sp³-hybridized carbons (Fsp3) is 0.875. The molecule has 0 saturated heterocycles. The normalized spacial score (nSPS) is 15.3. The second kappa shape index (κ2) is 6.26. The van der Waals surface area contributed by atoms with Crippen LogP contribution in [0.25, 0.3) is 0 Å². The molecule has 0 aliphatic carbocycles. The lowest BCUT2D eigenvalue weighted by atomic mass is 10.1. The zero-order chi connectivity index (χ0) is 9.56. The molecule has 0 spiro atoms. The van der Waals surface area contributed by atoms with E-state index < -0.39 is 0 Å². The number of aliphatic hydroxyl groups excluding tert-OH is 1. The summed E-state index contributed by atoms with van der Waals surface area (Å²) in [5, 5.41) is 11.5. The SMILES string of the molecule is CC[C@@H](CO)NC(=O)C(C)CCl. The Labute approximate surface area is 78.1 Å². The van der Waals surface area contributed by atoms with Gasteiger partial charge in [-0.3, -0.25) is 4.79 Å². The Morgan fingerprint density at radius 3 is 2.58 bits per heavy atom. The van der Waals surface area contributed by atoms with Gasteiger partial charge < -0.3 is 10.4 Å². The first-order chi connectivity index (χ1) is 5.65. The Balaban J connectivity index is 3.81. The monoisotopic (exact) mass is 193 g/mol. The van der Waals surface area contributed by atoms with Crippen molar-refractivity contribution in [1.29, 1.82) is 0 Å². The molecule has 0 aromatic carbocycles. The van der Waals surface area contributed by atoms with E-state index in [1.54, 1.807) is 6.92 Å². The molecule has 2 atom stereocenters. The number of carbonyl (C=O) groups is 1. The minimum absolute atomic E-state index is 0.0166. The third-order valence-corrected chi connectivity index (χ3v) is 2.20. The second-order valence-electron chi connectivity index (χ2n) is 2.85. The zero-order valence-electron chi connectivity index (χ0n) is 7.51. The van der Waals surface area contributed by atoms with Crippen LogP contribution in [0.1, 0.15) is 20.3 Å². The summed E-state index contributed by atoms with van der Waals surface area (Å²) in [5.41, 5.74) is 0. The van der Waals surface area contributed by atoms with E-state index in [1.165, 1.54) is 0 Å². The molecule has 0 fully saturated rings. The van der Waals surface area contributed by atoms with Gasteiger partial charge in [-0.15, -0.1) is 11.6 Å². The predicted molar refractivity (Wildman–Crippen MR) is 49.2 cm³/mol. The van der Waals surface area contributed by atoms with Gasteiger partial charge in [0.25, 0.3) is 0 Å². The van der Waals surface area contributed by atoms with Crippen LogP contribution in [0.3, 0.4) is 0 Å². The van der Waals surface area contributed by atoms with Gasteiger partial charge in [-0.1, -0.05) is 13.8 Å². The summed E-state index contributed by atoms with van der Waals surface area (Å²) in [6.45, 7) is 3.65. The number of rotatable bonds is 5. The van der Waals surface area contributed by atoms with Crippen molar-refractivity contribution in [2.75, 3.05) is 12.5 Å². The zero-order valence-corrected chi connectivity index (χ0v) is 8.27. The van der Waals surface area contributed by atoms with Crippen LogP contribution in [-0.4, -0.2) is 29.5 Å². The first-order valence-electron chi connectivity index (χ1n) is 4.12. The lowest BCUT2D eigenvalue weighted by Gasteiger charge is -2.16. The topological polar surface area (TPSA) is 49.3 Å². The molecule has 2 N–H and O–H groups in total. The minimum atomic E-state index is -0.188. The van der Waals surface area contributed by atoms with Crippen molar-refractivity contribution in [3.8, 4) is 0 Å². The summed E-state index contributed by atoms with van der Waals surface area (Å²) in [4.78, 5) is 11.2. The molecule has 0 radical (unpaired) electrons. The van der Waals surface area contributed by atoms with Gasteiger partial charge in [0.05, 0.1) is 12.6 Å². The lowest BCUT2D eigenvalue weighted by molar-refractivity contribution is -0.124. The molecule has 0 bridgehead atoms. The van der Waals surface area contributed by atoms with Crippen molar-refractivity contribution in [3.63, 3.8) is 0 Å². The van der Waals surface area contributed by atoms with Gasteiger partial charge >= 0.3 is 0 Å². The first kappa shape index (κ1) is 11.7. The quantitative estimate of drug-likeness (QED) is 0.634. The van der Waals surface area contributed by atoms with Crippen molar-refractivity contribution >= 4 is 17.5 Å². The molecule has 0 aliphatic heterocycles. The van der Waals surface area contributed by atoms with E-state index in [2.05, 4.69) is 5.32 Å². The van der Waals surface area contributed by atoms with Gasteiger partial charge in [0.2, 0.25) is 5.91 Å². The number of hydrogen-bond donors (Lipinski definition) is 2. The molecule has 0 aromatic rings. The minimum Gasteiger partial charge on any atom is -0.394 e. The van der Waals surface area contributed by atoms with Crippen LogP contribution in [0.15, 0.2) is 0 Å². The van der Waals surface area contributed by atoms with Crippen LogP contribution in [0.5, 0.6) is 0 Å². The molecule has 12 heavy (non-hydrogen) atoms. The molecule has 0 aliphatic rings. The molecular weight excluding hydrogens is 178 g/mol. The van der Waals surface area contributed by atoms with Gasteiger partial charge in [-0.25, -0.2) is 0 Å². The molecule has 1 amide bonds. The maximum atomic E-state index is 11.2. The first-order valence-corrected chi connectivity index (χ1v) is 4.66. The maximum absolute atomic E-state index is 11.2.